The van der Waals surface area contributed by atoms with Crippen molar-refractivity contribution in [2.45, 2.75) is 12.5 Å². The molecule has 0 radical (unpaired) electrons. The molecule has 1 heterocycles. The van der Waals surface area contributed by atoms with E-state index in [1.54, 1.807) is 0 Å². The molecule has 0 aliphatic carbocycles. The predicted molar refractivity (Wildman–Crippen MR) is 121 cm³/mol. The molecule has 1 unspecified atom stereocenters. The number of likely N-dealkylation sites (tertiary alicyclic amines) is 1. The van der Waals surface area contributed by atoms with Crippen LogP contribution in [0.2, 0.25) is 0 Å². The Morgan fingerprint density at radius 3 is 2.12 bits per heavy atom. The summed E-state index contributed by atoms with van der Waals surface area (Å²) >= 11 is 0. The average molecular weight is 448 g/mol. The molecule has 3 aromatic rings. The quantitative estimate of drug-likeness (QED) is 0.412. The monoisotopic (exact) mass is 448 g/mol. The van der Waals surface area contributed by atoms with E-state index in [1.165, 1.54) is 4.90 Å². The number of benzene rings is 3. The van der Waals surface area contributed by atoms with Gasteiger partial charge in [0.05, 0.1) is 21.5 Å². The van der Waals surface area contributed by atoms with Gasteiger partial charge in [-0.25, -0.2) is 0 Å². The highest BCUT2D eigenvalue weighted by Crippen LogP contribution is 2.26. The van der Waals surface area contributed by atoms with Crippen LogP contribution >= 0.6 is 0 Å². The number of rotatable bonds is 7. The normalized spacial score (nSPS) is 15.2. The third-order valence-corrected chi connectivity index (χ3v) is 5.25. The standard InChI is InChI=1S/C23H20N4O6/c28-23(16-12-19(26(29)30)14-20(13-16)27(31)32)25-11-10-18(15-25)24-17-6-8-22(9-7-17)33-21-4-2-1-3-5-21/h1-9,12-14,18,24H,10-11,15H2. The predicted octanol–water partition coefficient (Wildman–Crippen LogP) is 4.62. The molecular formula is C23H20N4O6. The molecule has 0 aromatic heterocycles. The number of ether oxygens (including phenoxy) is 1. The maximum Gasteiger partial charge on any atom is 0.277 e. The first-order chi connectivity index (χ1) is 15.9. The molecule has 0 bridgehead atoms. The van der Waals surface area contributed by atoms with Crippen molar-refractivity contribution < 1.29 is 19.4 Å². The molecule has 10 heteroatoms. The van der Waals surface area contributed by atoms with E-state index in [-0.39, 0.29) is 11.6 Å². The van der Waals surface area contributed by atoms with Crippen LogP contribution in [0.15, 0.2) is 72.8 Å². The van der Waals surface area contributed by atoms with Crippen LogP contribution in [-0.2, 0) is 0 Å². The number of para-hydroxylation sites is 1. The molecule has 10 nitrogen and oxygen atoms in total. The second kappa shape index (κ2) is 9.35. The van der Waals surface area contributed by atoms with Crippen molar-refractivity contribution in [3.05, 3.63) is 98.6 Å². The highest BCUT2D eigenvalue weighted by atomic mass is 16.6. The summed E-state index contributed by atoms with van der Waals surface area (Å²) in [5.74, 6) is 0.962. The second-order valence-electron chi connectivity index (χ2n) is 7.57. The van der Waals surface area contributed by atoms with Gasteiger partial charge in [-0.2, -0.15) is 0 Å². The van der Waals surface area contributed by atoms with E-state index in [9.17, 15) is 25.0 Å². The lowest BCUT2D eigenvalue weighted by atomic mass is 10.1. The zero-order valence-corrected chi connectivity index (χ0v) is 17.4. The molecule has 1 amide bonds. The Kier molecular flexibility index (Phi) is 6.16. The van der Waals surface area contributed by atoms with Gasteiger partial charge in [-0.15, -0.1) is 0 Å². The van der Waals surface area contributed by atoms with Crippen molar-refractivity contribution in [1.82, 2.24) is 4.90 Å². The Balaban J connectivity index is 1.39. The number of amides is 1. The Bertz CT molecular complexity index is 1150. The maximum atomic E-state index is 12.8. The Hall–Kier alpha value is -4.47. The molecule has 1 aliphatic rings. The molecule has 33 heavy (non-hydrogen) atoms. The van der Waals surface area contributed by atoms with Gasteiger partial charge in [0.2, 0.25) is 0 Å². The van der Waals surface area contributed by atoms with Gasteiger partial charge in [0.25, 0.3) is 17.3 Å². The largest absolute Gasteiger partial charge is 0.457 e. The molecule has 3 aromatic carbocycles. The third-order valence-electron chi connectivity index (χ3n) is 5.25. The van der Waals surface area contributed by atoms with E-state index in [0.717, 1.165) is 29.6 Å². The fraction of sp³-hybridized carbons (Fsp3) is 0.174. The molecule has 0 spiro atoms. The first-order valence-corrected chi connectivity index (χ1v) is 10.2. The van der Waals surface area contributed by atoms with Crippen molar-refractivity contribution in [1.29, 1.82) is 0 Å². The van der Waals surface area contributed by atoms with Gasteiger partial charge in [0.1, 0.15) is 11.5 Å². The molecule has 1 N–H and O–H groups in total. The molecule has 0 saturated carbocycles. The van der Waals surface area contributed by atoms with E-state index in [2.05, 4.69) is 5.32 Å². The third kappa shape index (κ3) is 5.24. The lowest BCUT2D eigenvalue weighted by Crippen LogP contribution is -2.31. The minimum atomic E-state index is -0.747. The molecular weight excluding hydrogens is 428 g/mol. The van der Waals surface area contributed by atoms with E-state index in [0.29, 0.717) is 25.3 Å². The minimum Gasteiger partial charge on any atom is -0.457 e. The summed E-state index contributed by atoms with van der Waals surface area (Å²) in [5.41, 5.74) is -0.182. The summed E-state index contributed by atoms with van der Waals surface area (Å²) in [6.45, 7) is 0.805. The van der Waals surface area contributed by atoms with Crippen molar-refractivity contribution in [2.75, 3.05) is 18.4 Å². The SMILES string of the molecule is O=C(c1cc([N+](=O)[O-])cc([N+](=O)[O-])c1)N1CCC(Nc2ccc(Oc3ccccc3)cc2)C1. The lowest BCUT2D eigenvalue weighted by Gasteiger charge is -2.18. The van der Waals surface area contributed by atoms with Gasteiger partial charge >= 0.3 is 0 Å². The first-order valence-electron chi connectivity index (χ1n) is 10.2. The average Bonchev–Trinajstić information content (AvgIpc) is 3.28. The van der Waals surface area contributed by atoms with Crippen LogP contribution in [0.4, 0.5) is 17.1 Å². The van der Waals surface area contributed by atoms with Gasteiger partial charge in [-0.1, -0.05) is 18.2 Å². The number of hydrogen-bond acceptors (Lipinski definition) is 7. The van der Waals surface area contributed by atoms with E-state index in [4.69, 9.17) is 4.74 Å². The zero-order chi connectivity index (χ0) is 23.4. The Morgan fingerprint density at radius 2 is 1.52 bits per heavy atom. The molecule has 1 aliphatic heterocycles. The highest BCUT2D eigenvalue weighted by Gasteiger charge is 2.29. The Morgan fingerprint density at radius 1 is 0.909 bits per heavy atom. The zero-order valence-electron chi connectivity index (χ0n) is 17.4. The van der Waals surface area contributed by atoms with E-state index < -0.39 is 27.1 Å². The number of nitro groups is 2. The van der Waals surface area contributed by atoms with Gasteiger partial charge in [0, 0.05) is 37.0 Å². The fourth-order valence-electron chi connectivity index (χ4n) is 3.65. The van der Waals surface area contributed by atoms with Crippen LogP contribution < -0.4 is 10.1 Å². The van der Waals surface area contributed by atoms with Crippen LogP contribution in [-0.4, -0.2) is 39.8 Å². The maximum absolute atomic E-state index is 12.8. The highest BCUT2D eigenvalue weighted by molar-refractivity contribution is 5.95. The van der Waals surface area contributed by atoms with Crippen LogP contribution in [0.1, 0.15) is 16.8 Å². The van der Waals surface area contributed by atoms with Gasteiger partial charge in [-0.3, -0.25) is 25.0 Å². The number of non-ortho nitro benzene ring substituents is 2. The van der Waals surface area contributed by atoms with Crippen molar-refractivity contribution in [3.63, 3.8) is 0 Å². The van der Waals surface area contributed by atoms with Gasteiger partial charge in [-0.05, 0) is 42.8 Å². The number of nitro benzene ring substituents is 2. The smallest absolute Gasteiger partial charge is 0.277 e. The molecule has 1 fully saturated rings. The number of anilines is 1. The summed E-state index contributed by atoms with van der Waals surface area (Å²) in [4.78, 5) is 35.1. The van der Waals surface area contributed by atoms with Crippen LogP contribution in [0.5, 0.6) is 11.5 Å². The summed E-state index contributed by atoms with van der Waals surface area (Å²) < 4.78 is 5.78. The van der Waals surface area contributed by atoms with Crippen LogP contribution in [0.25, 0.3) is 0 Å². The fourth-order valence-corrected chi connectivity index (χ4v) is 3.65. The summed E-state index contributed by atoms with van der Waals surface area (Å²) in [6, 6.07) is 19.8. The number of nitrogens with zero attached hydrogens (tertiary/aromatic N) is 3. The van der Waals surface area contributed by atoms with Crippen molar-refractivity contribution >= 4 is 23.0 Å². The van der Waals surface area contributed by atoms with Crippen molar-refractivity contribution in [2.24, 2.45) is 0 Å². The van der Waals surface area contributed by atoms with E-state index in [1.807, 2.05) is 54.6 Å². The summed E-state index contributed by atoms with van der Waals surface area (Å²) in [5, 5.41) is 25.5. The van der Waals surface area contributed by atoms with E-state index >= 15 is 0 Å². The topological polar surface area (TPSA) is 128 Å². The van der Waals surface area contributed by atoms with Crippen LogP contribution in [0.3, 0.4) is 0 Å². The second-order valence-corrected chi connectivity index (χ2v) is 7.57. The number of hydrogen-bond donors (Lipinski definition) is 1. The minimum absolute atomic E-state index is 0.0245. The number of nitrogens with one attached hydrogen (secondary N) is 1. The molecule has 1 saturated heterocycles. The van der Waals surface area contributed by atoms with Gasteiger partial charge in [0.15, 0.2) is 0 Å². The molecule has 1 atom stereocenters. The molecule has 168 valence electrons. The first kappa shape index (κ1) is 21.8. The Labute approximate surface area is 188 Å². The van der Waals surface area contributed by atoms with Crippen LogP contribution in [0, 0.1) is 20.2 Å². The lowest BCUT2D eigenvalue weighted by molar-refractivity contribution is -0.394. The van der Waals surface area contributed by atoms with Gasteiger partial charge < -0.3 is 15.0 Å². The summed E-state index contributed by atoms with van der Waals surface area (Å²) in [7, 11) is 0. The van der Waals surface area contributed by atoms with Crippen molar-refractivity contribution in [3.8, 4) is 11.5 Å². The number of carbonyl (C=O) groups excluding carboxylic acids is 1. The number of carbonyl (C=O) groups is 1. The molecule has 4 rings (SSSR count). The summed E-state index contributed by atoms with van der Waals surface area (Å²) in [6.07, 6.45) is 0.672.